The number of ether oxygens (including phenoxy) is 1. The molecule has 0 aliphatic carbocycles. The van der Waals surface area contributed by atoms with Gasteiger partial charge in [0.05, 0.1) is 12.7 Å². The van der Waals surface area contributed by atoms with Gasteiger partial charge in [0, 0.05) is 11.4 Å². The molecule has 0 aliphatic rings. The molecule has 0 heterocycles. The third-order valence-electron chi connectivity index (χ3n) is 2.61. The molecule has 0 aliphatic heterocycles. The SMILES string of the molecule is Cc1cc(Cl)c(C(C)C)cc1OCCCC#N. The van der Waals surface area contributed by atoms with E-state index in [-0.39, 0.29) is 0 Å². The van der Waals surface area contributed by atoms with Crippen LogP contribution in [-0.2, 0) is 0 Å². The van der Waals surface area contributed by atoms with E-state index >= 15 is 0 Å². The molecule has 1 aromatic rings. The topological polar surface area (TPSA) is 33.0 Å². The number of unbranched alkanes of at least 4 members (excludes halogenated alkanes) is 1. The predicted octanol–water partition coefficient (Wildman–Crippen LogP) is 4.45. The summed E-state index contributed by atoms with van der Waals surface area (Å²) in [5.74, 6) is 1.25. The van der Waals surface area contributed by atoms with E-state index in [1.54, 1.807) is 0 Å². The van der Waals surface area contributed by atoms with Gasteiger partial charge < -0.3 is 4.74 Å². The van der Waals surface area contributed by atoms with Gasteiger partial charge in [-0.05, 0) is 42.5 Å². The smallest absolute Gasteiger partial charge is 0.122 e. The number of hydrogen-bond donors (Lipinski definition) is 0. The fourth-order valence-corrected chi connectivity index (χ4v) is 2.04. The van der Waals surface area contributed by atoms with E-state index in [0.29, 0.717) is 18.9 Å². The molecule has 0 unspecified atom stereocenters. The number of hydrogen-bond acceptors (Lipinski definition) is 2. The molecule has 0 bridgehead atoms. The maximum absolute atomic E-state index is 8.45. The molecule has 0 N–H and O–H groups in total. The lowest BCUT2D eigenvalue weighted by atomic mass is 10.0. The minimum Gasteiger partial charge on any atom is -0.493 e. The van der Waals surface area contributed by atoms with Gasteiger partial charge in [0.2, 0.25) is 0 Å². The Bertz CT molecular complexity index is 421. The molecule has 1 aromatic carbocycles. The molecule has 0 amide bonds. The second-order valence-corrected chi connectivity index (χ2v) is 4.81. The summed E-state index contributed by atoms with van der Waals surface area (Å²) in [7, 11) is 0. The van der Waals surface area contributed by atoms with Crippen molar-refractivity contribution in [3.05, 3.63) is 28.3 Å². The third-order valence-corrected chi connectivity index (χ3v) is 2.93. The van der Waals surface area contributed by atoms with Gasteiger partial charge in [-0.2, -0.15) is 5.26 Å². The Morgan fingerprint density at radius 2 is 2.12 bits per heavy atom. The van der Waals surface area contributed by atoms with Crippen LogP contribution in [0.15, 0.2) is 12.1 Å². The lowest BCUT2D eigenvalue weighted by Crippen LogP contribution is -2.00. The number of aryl methyl sites for hydroxylation is 1. The largest absolute Gasteiger partial charge is 0.493 e. The highest BCUT2D eigenvalue weighted by atomic mass is 35.5. The molecule has 0 radical (unpaired) electrons. The summed E-state index contributed by atoms with van der Waals surface area (Å²) in [4.78, 5) is 0. The average Bonchev–Trinajstić information content (AvgIpc) is 2.26. The van der Waals surface area contributed by atoms with Crippen molar-refractivity contribution in [2.24, 2.45) is 0 Å². The van der Waals surface area contributed by atoms with Gasteiger partial charge in [0.1, 0.15) is 5.75 Å². The standard InChI is InChI=1S/C14H18ClNO/c1-10(2)12-9-14(11(3)8-13(12)15)17-7-5-4-6-16/h8-10H,4-5,7H2,1-3H3. The average molecular weight is 252 g/mol. The maximum Gasteiger partial charge on any atom is 0.122 e. The second kappa shape index (κ2) is 6.51. The van der Waals surface area contributed by atoms with Gasteiger partial charge in [0.15, 0.2) is 0 Å². The van der Waals surface area contributed by atoms with Crippen LogP contribution in [0.25, 0.3) is 0 Å². The van der Waals surface area contributed by atoms with Crippen molar-refractivity contribution in [3.8, 4) is 11.8 Å². The van der Waals surface area contributed by atoms with E-state index < -0.39 is 0 Å². The first-order valence-corrected chi connectivity index (χ1v) is 6.23. The Balaban J connectivity index is 2.78. The highest BCUT2D eigenvalue weighted by Crippen LogP contribution is 2.31. The zero-order valence-electron chi connectivity index (χ0n) is 10.6. The highest BCUT2D eigenvalue weighted by Gasteiger charge is 2.09. The highest BCUT2D eigenvalue weighted by molar-refractivity contribution is 6.31. The van der Waals surface area contributed by atoms with Crippen molar-refractivity contribution in [1.82, 2.24) is 0 Å². The van der Waals surface area contributed by atoms with E-state index in [4.69, 9.17) is 21.6 Å². The first-order chi connectivity index (χ1) is 8.06. The first kappa shape index (κ1) is 13.9. The molecule has 1 rings (SSSR count). The normalized spacial score (nSPS) is 10.4. The number of nitriles is 1. The Labute approximate surface area is 108 Å². The molecule has 0 fully saturated rings. The van der Waals surface area contributed by atoms with Crippen LogP contribution in [-0.4, -0.2) is 6.61 Å². The van der Waals surface area contributed by atoms with Crippen molar-refractivity contribution >= 4 is 11.6 Å². The van der Waals surface area contributed by atoms with Crippen molar-refractivity contribution in [2.45, 2.75) is 39.5 Å². The number of rotatable bonds is 5. The van der Waals surface area contributed by atoms with E-state index in [1.165, 1.54) is 0 Å². The summed E-state index contributed by atoms with van der Waals surface area (Å²) in [6.45, 7) is 6.77. The molecule has 2 nitrogen and oxygen atoms in total. The summed E-state index contributed by atoms with van der Waals surface area (Å²) in [5.41, 5.74) is 2.14. The molecule has 0 atom stereocenters. The Morgan fingerprint density at radius 1 is 1.41 bits per heavy atom. The van der Waals surface area contributed by atoms with Gasteiger partial charge in [-0.1, -0.05) is 25.4 Å². The number of benzene rings is 1. The Morgan fingerprint density at radius 3 is 2.71 bits per heavy atom. The van der Waals surface area contributed by atoms with Gasteiger partial charge in [-0.3, -0.25) is 0 Å². The molecular weight excluding hydrogens is 234 g/mol. The fraction of sp³-hybridized carbons (Fsp3) is 0.500. The molecule has 17 heavy (non-hydrogen) atoms. The summed E-state index contributed by atoms with van der Waals surface area (Å²) in [6.07, 6.45) is 1.29. The minimum absolute atomic E-state index is 0.379. The van der Waals surface area contributed by atoms with Crippen LogP contribution >= 0.6 is 11.6 Å². The Hall–Kier alpha value is -1.20. The third kappa shape index (κ3) is 3.94. The van der Waals surface area contributed by atoms with Crippen LogP contribution in [0.5, 0.6) is 5.75 Å². The Kier molecular flexibility index (Phi) is 5.31. The molecule has 0 saturated carbocycles. The van der Waals surface area contributed by atoms with E-state index in [0.717, 1.165) is 28.3 Å². The molecule has 0 spiro atoms. The van der Waals surface area contributed by atoms with Crippen molar-refractivity contribution in [2.75, 3.05) is 6.61 Å². The van der Waals surface area contributed by atoms with Crippen LogP contribution in [0, 0.1) is 18.3 Å². The fourth-order valence-electron chi connectivity index (χ4n) is 1.60. The van der Waals surface area contributed by atoms with Gasteiger partial charge in [0.25, 0.3) is 0 Å². The molecular formula is C14H18ClNO. The molecule has 0 aromatic heterocycles. The summed E-state index contributed by atoms with van der Waals surface area (Å²) >= 11 is 6.18. The monoisotopic (exact) mass is 251 g/mol. The van der Waals surface area contributed by atoms with Gasteiger partial charge in [-0.25, -0.2) is 0 Å². The van der Waals surface area contributed by atoms with Crippen LogP contribution < -0.4 is 4.74 Å². The van der Waals surface area contributed by atoms with E-state index in [9.17, 15) is 0 Å². The first-order valence-electron chi connectivity index (χ1n) is 5.86. The van der Waals surface area contributed by atoms with Crippen molar-refractivity contribution in [1.29, 1.82) is 5.26 Å². The van der Waals surface area contributed by atoms with Gasteiger partial charge in [-0.15, -0.1) is 0 Å². The minimum atomic E-state index is 0.379. The molecule has 0 saturated heterocycles. The van der Waals surface area contributed by atoms with Gasteiger partial charge >= 0.3 is 0 Å². The maximum atomic E-state index is 8.45. The summed E-state index contributed by atoms with van der Waals surface area (Å²) in [6, 6.07) is 6.06. The van der Waals surface area contributed by atoms with Crippen molar-refractivity contribution < 1.29 is 4.74 Å². The molecule has 3 heteroatoms. The van der Waals surface area contributed by atoms with Crippen LogP contribution in [0.1, 0.15) is 43.7 Å². The summed E-state index contributed by atoms with van der Waals surface area (Å²) < 4.78 is 5.67. The van der Waals surface area contributed by atoms with E-state index in [2.05, 4.69) is 19.9 Å². The lowest BCUT2D eigenvalue weighted by Gasteiger charge is -2.14. The number of halogens is 1. The summed E-state index contributed by atoms with van der Waals surface area (Å²) in [5, 5.41) is 9.24. The predicted molar refractivity (Wildman–Crippen MR) is 70.6 cm³/mol. The van der Waals surface area contributed by atoms with Crippen LogP contribution in [0.4, 0.5) is 0 Å². The molecule has 92 valence electrons. The van der Waals surface area contributed by atoms with E-state index in [1.807, 2.05) is 19.1 Å². The lowest BCUT2D eigenvalue weighted by molar-refractivity contribution is 0.310. The number of nitrogens with zero attached hydrogens (tertiary/aromatic N) is 1. The zero-order valence-corrected chi connectivity index (χ0v) is 11.3. The zero-order chi connectivity index (χ0) is 12.8. The van der Waals surface area contributed by atoms with Crippen LogP contribution in [0.3, 0.4) is 0 Å². The second-order valence-electron chi connectivity index (χ2n) is 4.40. The van der Waals surface area contributed by atoms with Crippen molar-refractivity contribution in [3.63, 3.8) is 0 Å². The van der Waals surface area contributed by atoms with Crippen LogP contribution in [0.2, 0.25) is 5.02 Å². The quantitative estimate of drug-likeness (QED) is 0.724.